The number of thiazole rings is 1. The monoisotopic (exact) mass is 596 g/mol. The van der Waals surface area contributed by atoms with E-state index in [1.54, 1.807) is 13.0 Å². The maximum Gasteiger partial charge on any atom is 0.418 e. The van der Waals surface area contributed by atoms with Gasteiger partial charge in [0.25, 0.3) is 11.8 Å². The molecule has 0 saturated carbocycles. The van der Waals surface area contributed by atoms with Crippen molar-refractivity contribution in [3.05, 3.63) is 62.7 Å². The lowest BCUT2D eigenvalue weighted by Crippen LogP contribution is -2.44. The van der Waals surface area contributed by atoms with Gasteiger partial charge in [-0.2, -0.15) is 13.2 Å². The van der Waals surface area contributed by atoms with Crippen LogP contribution >= 0.6 is 22.9 Å². The Labute approximate surface area is 238 Å². The van der Waals surface area contributed by atoms with Crippen LogP contribution in [0.3, 0.4) is 0 Å². The van der Waals surface area contributed by atoms with Crippen molar-refractivity contribution in [2.75, 3.05) is 45.1 Å². The Hall–Kier alpha value is -3.20. The number of hydrogen-bond acceptors (Lipinski definition) is 9. The summed E-state index contributed by atoms with van der Waals surface area (Å²) in [5.41, 5.74) is -0.108. The number of aromatic nitrogens is 4. The number of carbonyl (C=O) groups is 2. The van der Waals surface area contributed by atoms with Gasteiger partial charge in [-0.15, -0.1) is 11.3 Å². The van der Waals surface area contributed by atoms with Gasteiger partial charge in [0.1, 0.15) is 27.7 Å². The van der Waals surface area contributed by atoms with Crippen molar-refractivity contribution >= 4 is 40.6 Å². The molecule has 10 nitrogen and oxygen atoms in total. The van der Waals surface area contributed by atoms with Gasteiger partial charge in [0.05, 0.1) is 22.8 Å². The van der Waals surface area contributed by atoms with Crippen LogP contribution in [0.25, 0.3) is 0 Å². The van der Waals surface area contributed by atoms with E-state index in [2.05, 4.69) is 47.4 Å². The standard InChI is InChI=1S/C25H28ClF3N8O2S/c1-15(24-31-13-20(40-24)23(39)35-21-11-17(25(27,28)29)18(26)12-30-21)34-22(38)19-10-16(32-14-33-19)4-3-5-37-8-6-36(2)7-9-37/h10-15H,3-9H2,1-2H3,(H,34,38)(H,30,35,39). The number of likely N-dealkylation sites (N-methyl/N-ethyl adjacent to an activating group) is 1. The molecule has 40 heavy (non-hydrogen) atoms. The van der Waals surface area contributed by atoms with Crippen molar-refractivity contribution < 1.29 is 22.8 Å². The fraction of sp³-hybridized carbons (Fsp3) is 0.440. The van der Waals surface area contributed by atoms with Gasteiger partial charge < -0.3 is 20.4 Å². The van der Waals surface area contributed by atoms with Crippen LogP contribution in [-0.2, 0) is 12.6 Å². The van der Waals surface area contributed by atoms with Crippen LogP contribution in [0, 0.1) is 0 Å². The molecule has 1 fully saturated rings. The maximum atomic E-state index is 13.1. The van der Waals surface area contributed by atoms with Gasteiger partial charge in [0, 0.05) is 38.1 Å². The molecule has 0 aliphatic carbocycles. The summed E-state index contributed by atoms with van der Waals surface area (Å²) in [6.07, 6.45) is 0.419. The smallest absolute Gasteiger partial charge is 0.342 e. The Kier molecular flexibility index (Phi) is 9.66. The van der Waals surface area contributed by atoms with Crippen molar-refractivity contribution in [3.8, 4) is 0 Å². The van der Waals surface area contributed by atoms with Crippen LogP contribution in [0.15, 0.2) is 30.9 Å². The number of nitrogens with one attached hydrogen (secondary N) is 2. The van der Waals surface area contributed by atoms with E-state index in [4.69, 9.17) is 11.6 Å². The lowest BCUT2D eigenvalue weighted by molar-refractivity contribution is -0.137. The molecule has 1 aliphatic rings. The van der Waals surface area contributed by atoms with Crippen LogP contribution in [0.2, 0.25) is 5.02 Å². The number of aryl methyl sites for hydroxylation is 1. The van der Waals surface area contributed by atoms with Gasteiger partial charge in [-0.1, -0.05) is 11.6 Å². The highest BCUT2D eigenvalue weighted by Crippen LogP contribution is 2.35. The highest BCUT2D eigenvalue weighted by molar-refractivity contribution is 7.13. The van der Waals surface area contributed by atoms with E-state index in [9.17, 15) is 22.8 Å². The number of halogens is 4. The van der Waals surface area contributed by atoms with Crippen molar-refractivity contribution in [1.82, 2.24) is 35.1 Å². The molecule has 1 saturated heterocycles. The van der Waals surface area contributed by atoms with Gasteiger partial charge in [0.15, 0.2) is 0 Å². The summed E-state index contributed by atoms with van der Waals surface area (Å²) in [6.45, 7) is 6.88. The summed E-state index contributed by atoms with van der Waals surface area (Å²) in [7, 11) is 2.12. The molecule has 0 bridgehead atoms. The number of amides is 2. The molecule has 2 N–H and O–H groups in total. The first-order valence-corrected chi connectivity index (χ1v) is 13.7. The Morgan fingerprint density at radius 1 is 1.07 bits per heavy atom. The highest BCUT2D eigenvalue weighted by atomic mass is 35.5. The number of rotatable bonds is 9. The Balaban J connectivity index is 1.31. The molecule has 214 valence electrons. The SMILES string of the molecule is CC(NC(=O)c1cc(CCCN2CCN(C)CC2)ncn1)c1ncc(C(=O)Nc2cc(C(F)(F)F)c(Cl)cn2)s1. The molecule has 0 radical (unpaired) electrons. The number of carbonyl (C=O) groups excluding carboxylic acids is 2. The summed E-state index contributed by atoms with van der Waals surface area (Å²) in [4.78, 5) is 46.6. The number of alkyl halides is 3. The van der Waals surface area contributed by atoms with E-state index >= 15 is 0 Å². The van der Waals surface area contributed by atoms with Crippen LogP contribution in [0.1, 0.15) is 55.8 Å². The van der Waals surface area contributed by atoms with E-state index in [-0.39, 0.29) is 16.4 Å². The average Bonchev–Trinajstić information content (AvgIpc) is 3.41. The number of hydrogen-bond donors (Lipinski definition) is 2. The van der Waals surface area contributed by atoms with E-state index in [1.165, 1.54) is 12.5 Å². The largest absolute Gasteiger partial charge is 0.418 e. The minimum atomic E-state index is -4.69. The number of pyridine rings is 1. The molecule has 3 aromatic rings. The molecule has 4 rings (SSSR count). The van der Waals surface area contributed by atoms with Crippen molar-refractivity contribution in [2.24, 2.45) is 0 Å². The van der Waals surface area contributed by atoms with E-state index in [1.807, 2.05) is 0 Å². The molecule has 4 heterocycles. The molecular weight excluding hydrogens is 569 g/mol. The Morgan fingerprint density at radius 3 is 2.55 bits per heavy atom. The highest BCUT2D eigenvalue weighted by Gasteiger charge is 2.34. The first kappa shape index (κ1) is 29.8. The first-order chi connectivity index (χ1) is 19.0. The second kappa shape index (κ2) is 13.0. The lowest BCUT2D eigenvalue weighted by Gasteiger charge is -2.32. The third-order valence-corrected chi connectivity index (χ3v) is 7.81. The summed E-state index contributed by atoms with van der Waals surface area (Å²) >= 11 is 6.57. The van der Waals surface area contributed by atoms with Gasteiger partial charge in [-0.25, -0.2) is 19.9 Å². The fourth-order valence-corrected chi connectivity index (χ4v) is 5.07. The van der Waals surface area contributed by atoms with Crippen LogP contribution < -0.4 is 10.6 Å². The van der Waals surface area contributed by atoms with E-state index < -0.39 is 34.6 Å². The third kappa shape index (κ3) is 7.93. The Bertz CT molecular complexity index is 1350. The average molecular weight is 597 g/mol. The molecule has 15 heteroatoms. The molecule has 1 atom stereocenters. The van der Waals surface area contributed by atoms with Gasteiger partial charge in [0.2, 0.25) is 0 Å². The zero-order valence-corrected chi connectivity index (χ0v) is 23.4. The zero-order valence-electron chi connectivity index (χ0n) is 21.8. The van der Waals surface area contributed by atoms with E-state index in [0.717, 1.165) is 68.8 Å². The van der Waals surface area contributed by atoms with Crippen molar-refractivity contribution in [2.45, 2.75) is 32.0 Å². The van der Waals surface area contributed by atoms with Gasteiger partial charge in [-0.3, -0.25) is 9.59 Å². The van der Waals surface area contributed by atoms with Crippen LogP contribution in [0.5, 0.6) is 0 Å². The summed E-state index contributed by atoms with van der Waals surface area (Å²) in [5, 5.41) is 4.98. The van der Waals surface area contributed by atoms with Crippen molar-refractivity contribution in [1.29, 1.82) is 0 Å². The molecular formula is C25H28ClF3N8O2S. The molecule has 1 aliphatic heterocycles. The molecule has 0 spiro atoms. The zero-order chi connectivity index (χ0) is 28.9. The second-order valence-electron chi connectivity index (χ2n) is 9.40. The van der Waals surface area contributed by atoms with E-state index in [0.29, 0.717) is 11.1 Å². The topological polar surface area (TPSA) is 116 Å². The second-order valence-corrected chi connectivity index (χ2v) is 10.9. The quantitative estimate of drug-likeness (QED) is 0.382. The Morgan fingerprint density at radius 2 is 1.82 bits per heavy atom. The van der Waals surface area contributed by atoms with Crippen LogP contribution in [0.4, 0.5) is 19.0 Å². The van der Waals surface area contributed by atoms with Crippen molar-refractivity contribution in [3.63, 3.8) is 0 Å². The number of anilines is 1. The maximum absolute atomic E-state index is 13.1. The number of nitrogens with zero attached hydrogens (tertiary/aromatic N) is 6. The number of piperazine rings is 1. The molecule has 1 unspecified atom stereocenters. The predicted molar refractivity (Wildman–Crippen MR) is 144 cm³/mol. The third-order valence-electron chi connectivity index (χ3n) is 6.33. The predicted octanol–water partition coefficient (Wildman–Crippen LogP) is 3.92. The minimum absolute atomic E-state index is 0.131. The fourth-order valence-electron chi connectivity index (χ4n) is 4.04. The normalized spacial score (nSPS) is 15.6. The summed E-state index contributed by atoms with van der Waals surface area (Å²) in [6, 6.07) is 1.77. The first-order valence-electron chi connectivity index (χ1n) is 12.5. The molecule has 3 aromatic heterocycles. The van der Waals surface area contributed by atoms with Crippen LogP contribution in [-0.4, -0.2) is 81.3 Å². The lowest BCUT2D eigenvalue weighted by atomic mass is 10.2. The molecule has 0 aromatic carbocycles. The molecule has 2 amide bonds. The summed E-state index contributed by atoms with van der Waals surface area (Å²) in [5.74, 6) is -1.41. The van der Waals surface area contributed by atoms with Gasteiger partial charge in [-0.05, 0) is 45.5 Å². The van der Waals surface area contributed by atoms with Gasteiger partial charge >= 0.3 is 6.18 Å². The summed E-state index contributed by atoms with van der Waals surface area (Å²) < 4.78 is 39.3. The minimum Gasteiger partial charge on any atom is -0.342 e.